The van der Waals surface area contributed by atoms with Gasteiger partial charge in [0.2, 0.25) is 5.91 Å². The Hall–Kier alpha value is -2.38. The second kappa shape index (κ2) is 4.64. The molecule has 92 valence electrons. The molecule has 8 heteroatoms. The van der Waals surface area contributed by atoms with Crippen LogP contribution in [0.2, 0.25) is 0 Å². The highest BCUT2D eigenvalue weighted by Gasteiger charge is 2.22. The summed E-state index contributed by atoms with van der Waals surface area (Å²) in [5.74, 6) is -3.43. The van der Waals surface area contributed by atoms with E-state index in [9.17, 15) is 19.2 Å². The first-order chi connectivity index (χ1) is 7.82. The summed E-state index contributed by atoms with van der Waals surface area (Å²) in [4.78, 5) is 48.4. The molecule has 1 heterocycles. The Kier molecular flexibility index (Phi) is 3.46. The average Bonchev–Trinajstić information content (AvgIpc) is 2.21. The summed E-state index contributed by atoms with van der Waals surface area (Å²) >= 11 is 0. The third-order valence-corrected chi connectivity index (χ3v) is 2.14. The van der Waals surface area contributed by atoms with E-state index in [0.29, 0.717) is 0 Å². The Labute approximate surface area is 94.7 Å². The molecule has 0 bridgehead atoms. The van der Waals surface area contributed by atoms with Crippen LogP contribution in [0.5, 0.6) is 0 Å². The van der Waals surface area contributed by atoms with Crippen LogP contribution in [0.4, 0.5) is 5.69 Å². The number of carboxylic acid groups (broad SMARTS) is 1. The number of hydrogen-bond acceptors (Lipinski definition) is 4. The summed E-state index contributed by atoms with van der Waals surface area (Å²) in [7, 11) is 0. The maximum Gasteiger partial charge on any atom is 0.326 e. The van der Waals surface area contributed by atoms with Crippen molar-refractivity contribution < 1.29 is 14.7 Å². The highest BCUT2D eigenvalue weighted by atomic mass is 16.4. The Morgan fingerprint density at radius 1 is 1.29 bits per heavy atom. The quantitative estimate of drug-likeness (QED) is 0.505. The van der Waals surface area contributed by atoms with Crippen molar-refractivity contribution in [2.75, 3.05) is 5.32 Å². The molecular weight excluding hydrogens is 230 g/mol. The lowest BCUT2D eigenvalue weighted by Gasteiger charge is -2.08. The number of amides is 1. The van der Waals surface area contributed by atoms with Crippen LogP contribution >= 0.6 is 0 Å². The number of aromatic nitrogens is 2. The molecule has 0 aromatic carbocycles. The summed E-state index contributed by atoms with van der Waals surface area (Å²) in [6.45, 7) is 2.60. The number of H-pyrrole nitrogens is 2. The molecule has 0 spiro atoms. The highest BCUT2D eigenvalue weighted by molar-refractivity contribution is 6.03. The smallest absolute Gasteiger partial charge is 0.326 e. The fourth-order valence-corrected chi connectivity index (χ4v) is 1.09. The predicted molar refractivity (Wildman–Crippen MR) is 57.8 cm³/mol. The molecule has 1 unspecified atom stereocenters. The number of anilines is 1. The highest BCUT2D eigenvalue weighted by Crippen LogP contribution is 2.05. The molecule has 1 aromatic heterocycles. The third kappa shape index (κ3) is 2.80. The van der Waals surface area contributed by atoms with Gasteiger partial charge < -0.3 is 15.4 Å². The number of aliphatic carboxylic acids is 1. The van der Waals surface area contributed by atoms with Crippen molar-refractivity contribution in [2.45, 2.75) is 13.8 Å². The summed E-state index contributed by atoms with van der Waals surface area (Å²) in [5, 5.41) is 10.8. The molecule has 1 amide bonds. The maximum absolute atomic E-state index is 11.4. The van der Waals surface area contributed by atoms with Gasteiger partial charge in [-0.05, 0) is 13.8 Å². The molecule has 8 nitrogen and oxygen atoms in total. The lowest BCUT2D eigenvalue weighted by atomic mass is 10.1. The molecule has 0 saturated carbocycles. The van der Waals surface area contributed by atoms with Gasteiger partial charge in [0.05, 0.1) is 0 Å². The number of carboxylic acids is 1. The zero-order chi connectivity index (χ0) is 13.2. The standard InChI is InChI=1S/C9H11N3O5/c1-3(8(15)16)6(13)11-5-4(2)10-9(17)12-7(5)14/h3H,1-2H3,(H,11,13)(H,15,16)(H2,10,12,14,17). The number of carbonyl (C=O) groups is 2. The number of carbonyl (C=O) groups excluding carboxylic acids is 1. The first-order valence-electron chi connectivity index (χ1n) is 4.69. The van der Waals surface area contributed by atoms with Crippen LogP contribution < -0.4 is 16.6 Å². The zero-order valence-corrected chi connectivity index (χ0v) is 9.16. The van der Waals surface area contributed by atoms with Crippen LogP contribution in [0.15, 0.2) is 9.59 Å². The van der Waals surface area contributed by atoms with E-state index in [-0.39, 0.29) is 11.4 Å². The summed E-state index contributed by atoms with van der Waals surface area (Å²) in [6.07, 6.45) is 0. The minimum absolute atomic E-state index is 0.157. The zero-order valence-electron chi connectivity index (χ0n) is 9.16. The molecule has 1 rings (SSSR count). The van der Waals surface area contributed by atoms with E-state index >= 15 is 0 Å². The Balaban J connectivity index is 3.05. The minimum atomic E-state index is -1.30. The monoisotopic (exact) mass is 241 g/mol. The Bertz CT molecular complexity index is 571. The van der Waals surface area contributed by atoms with Gasteiger partial charge in [0.1, 0.15) is 11.6 Å². The molecule has 0 aliphatic carbocycles. The fraction of sp³-hybridized carbons (Fsp3) is 0.333. The van der Waals surface area contributed by atoms with E-state index in [4.69, 9.17) is 5.11 Å². The second-order valence-electron chi connectivity index (χ2n) is 3.46. The van der Waals surface area contributed by atoms with E-state index in [0.717, 1.165) is 0 Å². The SMILES string of the molecule is Cc1[nH]c(=O)[nH]c(=O)c1NC(=O)C(C)C(=O)O. The molecular formula is C9H11N3O5. The molecule has 0 aliphatic rings. The predicted octanol–water partition coefficient (Wildman–Crippen LogP) is -0.969. The van der Waals surface area contributed by atoms with Gasteiger partial charge in [-0.25, -0.2) is 4.79 Å². The average molecular weight is 241 g/mol. The van der Waals surface area contributed by atoms with Crippen molar-refractivity contribution in [3.05, 3.63) is 26.5 Å². The van der Waals surface area contributed by atoms with Gasteiger partial charge in [-0.3, -0.25) is 19.4 Å². The van der Waals surface area contributed by atoms with Crippen molar-refractivity contribution >= 4 is 17.6 Å². The van der Waals surface area contributed by atoms with Crippen LogP contribution in [0.3, 0.4) is 0 Å². The number of nitrogens with one attached hydrogen (secondary N) is 3. The van der Waals surface area contributed by atoms with Crippen molar-refractivity contribution in [3.8, 4) is 0 Å². The Morgan fingerprint density at radius 3 is 2.35 bits per heavy atom. The topological polar surface area (TPSA) is 132 Å². The van der Waals surface area contributed by atoms with Gasteiger partial charge in [0, 0.05) is 5.69 Å². The van der Waals surface area contributed by atoms with E-state index in [1.54, 1.807) is 0 Å². The van der Waals surface area contributed by atoms with Crippen LogP contribution in [-0.2, 0) is 9.59 Å². The van der Waals surface area contributed by atoms with Crippen molar-refractivity contribution in [2.24, 2.45) is 5.92 Å². The second-order valence-corrected chi connectivity index (χ2v) is 3.46. The van der Waals surface area contributed by atoms with Crippen LogP contribution in [0.25, 0.3) is 0 Å². The molecule has 0 saturated heterocycles. The third-order valence-electron chi connectivity index (χ3n) is 2.14. The lowest BCUT2D eigenvalue weighted by Crippen LogP contribution is -2.32. The summed E-state index contributed by atoms with van der Waals surface area (Å²) < 4.78 is 0. The van der Waals surface area contributed by atoms with E-state index in [1.807, 2.05) is 4.98 Å². The van der Waals surface area contributed by atoms with Crippen molar-refractivity contribution in [1.82, 2.24) is 9.97 Å². The van der Waals surface area contributed by atoms with E-state index in [2.05, 4.69) is 10.3 Å². The van der Waals surface area contributed by atoms with Gasteiger partial charge in [-0.15, -0.1) is 0 Å². The largest absolute Gasteiger partial charge is 0.481 e. The number of hydrogen-bond donors (Lipinski definition) is 4. The van der Waals surface area contributed by atoms with Crippen LogP contribution in [0.1, 0.15) is 12.6 Å². The maximum atomic E-state index is 11.4. The van der Waals surface area contributed by atoms with Gasteiger partial charge in [0.15, 0.2) is 0 Å². The first-order valence-corrected chi connectivity index (χ1v) is 4.69. The van der Waals surface area contributed by atoms with E-state index < -0.39 is 29.0 Å². The van der Waals surface area contributed by atoms with Crippen molar-refractivity contribution in [3.63, 3.8) is 0 Å². The summed E-state index contributed by atoms with van der Waals surface area (Å²) in [5.41, 5.74) is -1.48. The molecule has 0 fully saturated rings. The Morgan fingerprint density at radius 2 is 1.88 bits per heavy atom. The van der Waals surface area contributed by atoms with Gasteiger partial charge in [-0.1, -0.05) is 0 Å². The molecule has 4 N–H and O–H groups in total. The van der Waals surface area contributed by atoms with Gasteiger partial charge >= 0.3 is 11.7 Å². The summed E-state index contributed by atoms with van der Waals surface area (Å²) in [6, 6.07) is 0. The minimum Gasteiger partial charge on any atom is -0.481 e. The fourth-order valence-electron chi connectivity index (χ4n) is 1.09. The molecule has 1 atom stereocenters. The first kappa shape index (κ1) is 12.7. The number of rotatable bonds is 3. The molecule has 1 aromatic rings. The van der Waals surface area contributed by atoms with E-state index in [1.165, 1.54) is 13.8 Å². The molecule has 0 radical (unpaired) electrons. The van der Waals surface area contributed by atoms with Crippen LogP contribution in [-0.4, -0.2) is 27.0 Å². The number of aryl methyl sites for hydroxylation is 1. The van der Waals surface area contributed by atoms with Gasteiger partial charge in [0.25, 0.3) is 5.56 Å². The normalized spacial score (nSPS) is 11.9. The van der Waals surface area contributed by atoms with Gasteiger partial charge in [-0.2, -0.15) is 0 Å². The van der Waals surface area contributed by atoms with Crippen LogP contribution in [0, 0.1) is 12.8 Å². The molecule has 17 heavy (non-hydrogen) atoms. The number of aromatic amines is 2. The molecule has 0 aliphatic heterocycles. The van der Waals surface area contributed by atoms with Crippen molar-refractivity contribution in [1.29, 1.82) is 0 Å². The lowest BCUT2D eigenvalue weighted by molar-refractivity contribution is -0.144.